The largest absolute Gasteiger partial charge is 0.490 e. The number of benzene rings is 1. The molecule has 1 aliphatic heterocycles. The Bertz CT molecular complexity index is 1010. The van der Waals surface area contributed by atoms with Crippen LogP contribution in [0, 0.1) is 12.7 Å². The molecule has 0 atom stereocenters. The second-order valence-corrected chi connectivity index (χ2v) is 6.80. The fraction of sp³-hybridized carbons (Fsp3) is 0.389. The summed E-state index contributed by atoms with van der Waals surface area (Å²) in [4.78, 5) is 13.7. The molecule has 1 aliphatic rings. The first kappa shape index (κ1) is 18.8. The molecule has 1 N–H and O–H groups in total. The zero-order valence-electron chi connectivity index (χ0n) is 15.7. The quantitative estimate of drug-likeness (QED) is 0.659. The van der Waals surface area contributed by atoms with Gasteiger partial charge in [0.05, 0.1) is 0 Å². The predicted molar refractivity (Wildman–Crippen MR) is 97.9 cm³/mol. The Morgan fingerprint density at radius 3 is 2.90 bits per heavy atom. The van der Waals surface area contributed by atoms with Gasteiger partial charge in [0, 0.05) is 38.1 Å². The third kappa shape index (κ3) is 4.33. The van der Waals surface area contributed by atoms with Crippen LogP contribution in [-0.2, 0) is 11.3 Å². The van der Waals surface area contributed by atoms with Crippen LogP contribution in [0.3, 0.4) is 0 Å². The first-order chi connectivity index (χ1) is 14.0. The summed E-state index contributed by atoms with van der Waals surface area (Å²) in [6.45, 7) is 2.90. The number of halogens is 1. The lowest BCUT2D eigenvalue weighted by Crippen LogP contribution is -2.38. The molecule has 0 unspecified atom stereocenters. The topological polar surface area (TPSA) is 119 Å². The normalized spacial score (nSPS) is 14.9. The SMILES string of the molecule is Cc1ccc(F)cc1OC1CCN(c2cc(-c3nnn(CC(=O)O)n3)on2)CC1. The Labute approximate surface area is 164 Å². The van der Waals surface area contributed by atoms with Gasteiger partial charge in [-0.3, -0.25) is 4.79 Å². The molecule has 1 saturated heterocycles. The van der Waals surface area contributed by atoms with Gasteiger partial charge in [0.25, 0.3) is 0 Å². The van der Waals surface area contributed by atoms with Gasteiger partial charge in [-0.2, -0.15) is 4.80 Å². The standard InChI is InChI=1S/C18H19FN6O4/c1-11-2-3-12(19)8-14(11)28-13-4-6-24(7-5-13)16-9-15(29-22-16)18-20-23-25(21-18)10-17(26)27/h2-3,8-9,13H,4-7,10H2,1H3,(H,26,27). The molecule has 3 aromatic rings. The van der Waals surface area contributed by atoms with Crippen molar-refractivity contribution in [1.29, 1.82) is 0 Å². The minimum absolute atomic E-state index is 0.00398. The first-order valence-electron chi connectivity index (χ1n) is 9.12. The van der Waals surface area contributed by atoms with Crippen molar-refractivity contribution in [3.05, 3.63) is 35.6 Å². The molecule has 0 spiro atoms. The molecule has 0 saturated carbocycles. The van der Waals surface area contributed by atoms with Gasteiger partial charge in [-0.15, -0.1) is 10.2 Å². The summed E-state index contributed by atoms with van der Waals surface area (Å²) in [5, 5.41) is 24.2. The molecule has 0 bridgehead atoms. The Balaban J connectivity index is 1.36. The van der Waals surface area contributed by atoms with Crippen molar-refractivity contribution in [2.75, 3.05) is 18.0 Å². The summed E-state index contributed by atoms with van der Waals surface area (Å²) in [6, 6.07) is 6.23. The number of tetrazole rings is 1. The van der Waals surface area contributed by atoms with Crippen molar-refractivity contribution in [2.24, 2.45) is 0 Å². The van der Waals surface area contributed by atoms with Gasteiger partial charge in [-0.05, 0) is 23.8 Å². The van der Waals surface area contributed by atoms with Crippen molar-refractivity contribution in [2.45, 2.75) is 32.4 Å². The Hall–Kier alpha value is -3.50. The van der Waals surface area contributed by atoms with Crippen LogP contribution in [-0.4, -0.2) is 55.6 Å². The minimum Gasteiger partial charge on any atom is -0.490 e. The van der Waals surface area contributed by atoms with E-state index in [9.17, 15) is 9.18 Å². The molecule has 29 heavy (non-hydrogen) atoms. The molecule has 1 fully saturated rings. The van der Waals surface area contributed by atoms with Gasteiger partial charge < -0.3 is 19.3 Å². The van der Waals surface area contributed by atoms with Gasteiger partial charge in [0.15, 0.2) is 12.4 Å². The van der Waals surface area contributed by atoms with Gasteiger partial charge in [-0.1, -0.05) is 11.2 Å². The molecule has 152 valence electrons. The van der Waals surface area contributed by atoms with Crippen molar-refractivity contribution < 1.29 is 23.6 Å². The Morgan fingerprint density at radius 2 is 2.14 bits per heavy atom. The van der Waals surface area contributed by atoms with Gasteiger partial charge >= 0.3 is 5.97 Å². The zero-order valence-corrected chi connectivity index (χ0v) is 15.7. The van der Waals surface area contributed by atoms with E-state index < -0.39 is 5.97 Å². The summed E-state index contributed by atoms with van der Waals surface area (Å²) in [5.41, 5.74) is 0.901. The maximum Gasteiger partial charge on any atom is 0.327 e. The number of aryl methyl sites for hydroxylation is 1. The first-order valence-corrected chi connectivity index (χ1v) is 9.12. The smallest absolute Gasteiger partial charge is 0.327 e. The maximum absolute atomic E-state index is 13.4. The highest BCUT2D eigenvalue weighted by Crippen LogP contribution is 2.27. The average Bonchev–Trinajstić information content (AvgIpc) is 3.34. The third-order valence-corrected chi connectivity index (χ3v) is 4.66. The number of hydrogen-bond donors (Lipinski definition) is 1. The average molecular weight is 402 g/mol. The lowest BCUT2D eigenvalue weighted by atomic mass is 10.1. The number of ether oxygens (including phenoxy) is 1. The molecule has 10 nitrogen and oxygen atoms in total. The van der Waals surface area contributed by atoms with Gasteiger partial charge in [-0.25, -0.2) is 4.39 Å². The summed E-state index contributed by atoms with van der Waals surface area (Å²) in [6.07, 6.45) is 1.51. The number of aliphatic carboxylic acids is 1. The number of rotatable bonds is 6. The van der Waals surface area contributed by atoms with E-state index in [1.807, 2.05) is 11.8 Å². The van der Waals surface area contributed by atoms with Gasteiger partial charge in [0.2, 0.25) is 11.6 Å². The number of aromatic nitrogens is 5. The van der Waals surface area contributed by atoms with Gasteiger partial charge in [0.1, 0.15) is 17.7 Å². The molecular weight excluding hydrogens is 383 g/mol. The van der Waals surface area contributed by atoms with E-state index in [1.165, 1.54) is 12.1 Å². The molecule has 0 aliphatic carbocycles. The highest BCUT2D eigenvalue weighted by molar-refractivity contribution is 5.66. The van der Waals surface area contributed by atoms with Crippen LogP contribution in [0.4, 0.5) is 10.2 Å². The summed E-state index contributed by atoms with van der Waals surface area (Å²) in [7, 11) is 0. The minimum atomic E-state index is -1.06. The number of carboxylic acid groups (broad SMARTS) is 1. The number of carboxylic acids is 1. The fourth-order valence-electron chi connectivity index (χ4n) is 3.13. The number of carbonyl (C=O) groups is 1. The van der Waals surface area contributed by atoms with Crippen LogP contribution in [0.5, 0.6) is 5.75 Å². The Morgan fingerprint density at radius 1 is 1.34 bits per heavy atom. The highest BCUT2D eigenvalue weighted by Gasteiger charge is 2.24. The lowest BCUT2D eigenvalue weighted by Gasteiger charge is -2.32. The van der Waals surface area contributed by atoms with Crippen LogP contribution in [0.1, 0.15) is 18.4 Å². The zero-order chi connectivity index (χ0) is 20.4. The van der Waals surface area contributed by atoms with Crippen molar-refractivity contribution >= 4 is 11.8 Å². The predicted octanol–water partition coefficient (Wildman–Crippen LogP) is 1.91. The highest BCUT2D eigenvalue weighted by atomic mass is 19.1. The van der Waals surface area contributed by atoms with E-state index >= 15 is 0 Å². The molecular formula is C18H19FN6O4. The summed E-state index contributed by atoms with van der Waals surface area (Å²) in [5.74, 6) is 0.311. The number of nitrogens with zero attached hydrogens (tertiary/aromatic N) is 6. The van der Waals surface area contributed by atoms with E-state index in [4.69, 9.17) is 14.4 Å². The summed E-state index contributed by atoms with van der Waals surface area (Å²) >= 11 is 0. The lowest BCUT2D eigenvalue weighted by molar-refractivity contribution is -0.138. The van der Waals surface area contributed by atoms with E-state index in [2.05, 4.69) is 20.6 Å². The van der Waals surface area contributed by atoms with Crippen LogP contribution >= 0.6 is 0 Å². The molecule has 0 radical (unpaired) electrons. The second-order valence-electron chi connectivity index (χ2n) is 6.80. The van der Waals surface area contributed by atoms with E-state index in [1.54, 1.807) is 12.1 Å². The van der Waals surface area contributed by atoms with E-state index in [0.29, 0.717) is 30.4 Å². The molecule has 4 rings (SSSR count). The van der Waals surface area contributed by atoms with Crippen LogP contribution in [0.2, 0.25) is 0 Å². The summed E-state index contributed by atoms with van der Waals surface area (Å²) < 4.78 is 24.7. The molecule has 11 heteroatoms. The molecule has 2 aromatic heterocycles. The second kappa shape index (κ2) is 7.86. The number of anilines is 1. The van der Waals surface area contributed by atoms with Crippen molar-refractivity contribution in [3.63, 3.8) is 0 Å². The van der Waals surface area contributed by atoms with Crippen LogP contribution in [0.15, 0.2) is 28.8 Å². The fourth-order valence-corrected chi connectivity index (χ4v) is 3.13. The Kier molecular flexibility index (Phi) is 5.10. The molecule has 0 amide bonds. The monoisotopic (exact) mass is 402 g/mol. The van der Waals surface area contributed by atoms with Crippen molar-refractivity contribution in [1.82, 2.24) is 25.4 Å². The van der Waals surface area contributed by atoms with E-state index in [0.717, 1.165) is 23.2 Å². The molecule has 3 heterocycles. The van der Waals surface area contributed by atoms with Crippen LogP contribution < -0.4 is 9.64 Å². The maximum atomic E-state index is 13.4. The molecule has 1 aromatic carbocycles. The number of hydrogen-bond acceptors (Lipinski definition) is 8. The third-order valence-electron chi connectivity index (χ3n) is 4.66. The number of piperidine rings is 1. The van der Waals surface area contributed by atoms with E-state index in [-0.39, 0.29) is 24.3 Å². The van der Waals surface area contributed by atoms with Crippen LogP contribution in [0.25, 0.3) is 11.6 Å². The van der Waals surface area contributed by atoms with Crippen molar-refractivity contribution in [3.8, 4) is 17.3 Å².